The van der Waals surface area contributed by atoms with E-state index in [9.17, 15) is 19.7 Å². The number of nitro groups is 1. The van der Waals surface area contributed by atoms with Crippen LogP contribution in [0.5, 0.6) is 0 Å². The van der Waals surface area contributed by atoms with Crippen molar-refractivity contribution in [1.29, 1.82) is 0 Å². The van der Waals surface area contributed by atoms with Crippen molar-refractivity contribution < 1.29 is 14.5 Å². The highest BCUT2D eigenvalue weighted by molar-refractivity contribution is 8.17. The van der Waals surface area contributed by atoms with E-state index < -0.39 is 28.8 Å². The molecule has 3 amide bonds. The number of nitrogens with one attached hydrogen (secondary N) is 1. The molecule has 2 atom stereocenters. The zero-order chi connectivity index (χ0) is 17.7. The highest BCUT2D eigenvalue weighted by Gasteiger charge is 2.48. The van der Waals surface area contributed by atoms with Gasteiger partial charge in [0.05, 0.1) is 17.2 Å². The number of fused-ring (bicyclic) bond motifs is 3. The van der Waals surface area contributed by atoms with Crippen LogP contribution in [0.2, 0.25) is 0 Å². The maximum atomic E-state index is 12.6. The smallest absolute Gasteiger partial charge is 0.328 e. The van der Waals surface area contributed by atoms with Gasteiger partial charge in [-0.15, -0.1) is 0 Å². The number of aliphatic imine (C=N–C) groups is 2. The molecule has 0 bridgehead atoms. The summed E-state index contributed by atoms with van der Waals surface area (Å²) in [5.41, 5.74) is 1.69. The Hall–Kier alpha value is -3.01. The minimum atomic E-state index is -0.828. The van der Waals surface area contributed by atoms with Crippen LogP contribution in [0.25, 0.3) is 0 Å². The maximum absolute atomic E-state index is 12.6. The van der Waals surface area contributed by atoms with E-state index in [2.05, 4.69) is 15.3 Å². The molecule has 3 aliphatic rings. The largest absolute Gasteiger partial charge is 0.343 e. The molecule has 1 N–H and O–H groups in total. The van der Waals surface area contributed by atoms with Gasteiger partial charge in [0.2, 0.25) is 0 Å². The molecule has 0 aromatic heterocycles. The van der Waals surface area contributed by atoms with Crippen LogP contribution in [-0.4, -0.2) is 32.8 Å². The number of benzene rings is 1. The first-order chi connectivity index (χ1) is 12.0. The Kier molecular flexibility index (Phi) is 3.42. The Balaban J connectivity index is 1.82. The quantitative estimate of drug-likeness (QED) is 0.637. The molecule has 4 rings (SSSR count). The third-order valence-corrected chi connectivity index (χ3v) is 5.10. The SMILES string of the molecule is Cc1ccccc1C1NC(=O)N=C2C1C(=O)N=C1SC([N+](=O)[O-])=CN12. The lowest BCUT2D eigenvalue weighted by atomic mass is 9.87. The molecular formula is C15H11N5O4S. The first kappa shape index (κ1) is 15.5. The summed E-state index contributed by atoms with van der Waals surface area (Å²) >= 11 is 0.768. The van der Waals surface area contributed by atoms with Crippen molar-refractivity contribution >= 4 is 34.7 Å². The fourth-order valence-corrected chi connectivity index (χ4v) is 3.84. The Bertz CT molecular complexity index is 922. The molecule has 2 unspecified atom stereocenters. The Morgan fingerprint density at radius 2 is 2.04 bits per heavy atom. The molecular weight excluding hydrogens is 346 g/mol. The van der Waals surface area contributed by atoms with Crippen LogP contribution in [0.1, 0.15) is 17.2 Å². The number of amides is 3. The van der Waals surface area contributed by atoms with E-state index in [1.54, 1.807) is 0 Å². The minimum Gasteiger partial charge on any atom is -0.328 e. The molecule has 1 aromatic rings. The van der Waals surface area contributed by atoms with Crippen LogP contribution in [0, 0.1) is 23.0 Å². The van der Waals surface area contributed by atoms with Crippen molar-refractivity contribution in [3.8, 4) is 0 Å². The number of amidine groups is 2. The molecule has 3 heterocycles. The number of nitrogens with zero attached hydrogens (tertiary/aromatic N) is 4. The molecule has 0 saturated carbocycles. The number of hydrogen-bond donors (Lipinski definition) is 1. The third kappa shape index (κ3) is 2.41. The van der Waals surface area contributed by atoms with Gasteiger partial charge in [0.25, 0.3) is 5.91 Å². The summed E-state index contributed by atoms with van der Waals surface area (Å²) < 4.78 is 0. The van der Waals surface area contributed by atoms with Crippen molar-refractivity contribution in [2.45, 2.75) is 13.0 Å². The molecule has 0 fully saturated rings. The second-order valence-electron chi connectivity index (χ2n) is 5.66. The summed E-state index contributed by atoms with van der Waals surface area (Å²) in [5, 5.41) is 13.7. The summed E-state index contributed by atoms with van der Waals surface area (Å²) in [4.78, 5) is 44.4. The molecule has 9 nitrogen and oxygen atoms in total. The molecule has 1 aromatic carbocycles. The van der Waals surface area contributed by atoms with E-state index in [1.807, 2.05) is 31.2 Å². The fraction of sp³-hybridized carbons (Fsp3) is 0.200. The summed E-state index contributed by atoms with van der Waals surface area (Å²) in [6, 6.07) is 6.16. The van der Waals surface area contributed by atoms with Crippen LogP contribution in [0.15, 0.2) is 45.5 Å². The predicted octanol–water partition coefficient (Wildman–Crippen LogP) is 1.79. The van der Waals surface area contributed by atoms with Gasteiger partial charge in [-0.05, 0) is 18.1 Å². The van der Waals surface area contributed by atoms with Crippen LogP contribution < -0.4 is 5.32 Å². The first-order valence-corrected chi connectivity index (χ1v) is 8.18. The summed E-state index contributed by atoms with van der Waals surface area (Å²) in [5.74, 6) is -1.15. The van der Waals surface area contributed by atoms with Gasteiger partial charge < -0.3 is 5.32 Å². The van der Waals surface area contributed by atoms with Crippen molar-refractivity contribution in [2.75, 3.05) is 0 Å². The van der Waals surface area contributed by atoms with E-state index in [1.165, 1.54) is 11.1 Å². The number of carbonyl (C=O) groups excluding carboxylic acids is 2. The fourth-order valence-electron chi connectivity index (χ4n) is 3.04. The van der Waals surface area contributed by atoms with E-state index in [0.717, 1.165) is 22.9 Å². The average molecular weight is 357 g/mol. The van der Waals surface area contributed by atoms with Crippen molar-refractivity contribution in [1.82, 2.24) is 10.2 Å². The summed E-state index contributed by atoms with van der Waals surface area (Å²) in [6.07, 6.45) is 1.25. The van der Waals surface area contributed by atoms with Crippen LogP contribution in [0.3, 0.4) is 0 Å². The van der Waals surface area contributed by atoms with E-state index >= 15 is 0 Å². The number of carbonyl (C=O) groups is 2. The lowest BCUT2D eigenvalue weighted by molar-refractivity contribution is -0.410. The molecule has 25 heavy (non-hydrogen) atoms. The molecule has 0 radical (unpaired) electrons. The highest BCUT2D eigenvalue weighted by Crippen LogP contribution is 2.39. The van der Waals surface area contributed by atoms with Crippen LogP contribution in [-0.2, 0) is 4.79 Å². The summed E-state index contributed by atoms with van der Waals surface area (Å²) in [6.45, 7) is 1.88. The van der Waals surface area contributed by atoms with E-state index in [-0.39, 0.29) is 16.0 Å². The lowest BCUT2D eigenvalue weighted by Gasteiger charge is -2.36. The van der Waals surface area contributed by atoms with Gasteiger partial charge in [-0.2, -0.15) is 9.98 Å². The topological polar surface area (TPSA) is 117 Å². The normalized spacial score (nSPS) is 24.7. The maximum Gasteiger partial charge on any atom is 0.343 e. The second-order valence-corrected chi connectivity index (χ2v) is 6.65. The number of rotatable bonds is 2. The Labute approximate surface area is 145 Å². The van der Waals surface area contributed by atoms with Gasteiger partial charge in [-0.1, -0.05) is 24.3 Å². The Morgan fingerprint density at radius 1 is 1.28 bits per heavy atom. The van der Waals surface area contributed by atoms with Crippen LogP contribution >= 0.6 is 11.8 Å². The molecule has 126 valence electrons. The Morgan fingerprint density at radius 3 is 2.76 bits per heavy atom. The third-order valence-electron chi connectivity index (χ3n) is 4.17. The van der Waals surface area contributed by atoms with Gasteiger partial charge in [-0.25, -0.2) is 4.79 Å². The molecule has 0 spiro atoms. The molecule has 0 aliphatic carbocycles. The number of aryl methyl sites for hydroxylation is 1. The van der Waals surface area contributed by atoms with Gasteiger partial charge in [0.15, 0.2) is 5.17 Å². The van der Waals surface area contributed by atoms with Crippen molar-refractivity contribution in [3.63, 3.8) is 0 Å². The van der Waals surface area contributed by atoms with Gasteiger partial charge in [0, 0.05) is 11.8 Å². The van der Waals surface area contributed by atoms with Crippen LogP contribution in [0.4, 0.5) is 4.79 Å². The first-order valence-electron chi connectivity index (χ1n) is 7.36. The zero-order valence-corrected chi connectivity index (χ0v) is 13.7. The number of thioether (sulfide) groups is 1. The predicted molar refractivity (Wildman–Crippen MR) is 90.3 cm³/mol. The highest BCUT2D eigenvalue weighted by atomic mass is 32.2. The van der Waals surface area contributed by atoms with E-state index in [0.29, 0.717) is 0 Å². The number of hydrogen-bond acceptors (Lipinski definition) is 6. The summed E-state index contributed by atoms with van der Waals surface area (Å²) in [7, 11) is 0. The van der Waals surface area contributed by atoms with Crippen molar-refractivity contribution in [3.05, 3.63) is 56.7 Å². The molecule has 0 saturated heterocycles. The average Bonchev–Trinajstić information content (AvgIpc) is 2.99. The van der Waals surface area contributed by atoms with Crippen molar-refractivity contribution in [2.24, 2.45) is 15.9 Å². The number of urea groups is 1. The van der Waals surface area contributed by atoms with Gasteiger partial charge in [0.1, 0.15) is 11.8 Å². The van der Waals surface area contributed by atoms with E-state index in [4.69, 9.17) is 0 Å². The second kappa shape index (κ2) is 5.52. The standard InChI is InChI=1S/C15H11N5O4S/c1-7-4-2-3-5-8(7)11-10-12(17-14(22)16-11)19-6-9(20(23)24)25-15(19)18-13(10)21/h2-6,10-11H,1H3,(H,16,22). The zero-order valence-electron chi connectivity index (χ0n) is 12.9. The monoisotopic (exact) mass is 357 g/mol. The molecule has 10 heteroatoms. The van der Waals surface area contributed by atoms with Gasteiger partial charge >= 0.3 is 11.1 Å². The molecule has 3 aliphatic heterocycles. The van der Waals surface area contributed by atoms with Gasteiger partial charge in [-0.3, -0.25) is 19.8 Å². The lowest BCUT2D eigenvalue weighted by Crippen LogP contribution is -2.52. The minimum absolute atomic E-state index is 0.143.